The van der Waals surface area contributed by atoms with Crippen LogP contribution in [-0.2, 0) is 17.8 Å². The molecule has 1 aliphatic carbocycles. The van der Waals surface area contributed by atoms with Crippen molar-refractivity contribution in [2.45, 2.75) is 64.7 Å². The zero-order valence-electron chi connectivity index (χ0n) is 13.0. The minimum Gasteiger partial charge on any atom is -0.494 e. The average molecular weight is 291 g/mol. The molecule has 0 amide bonds. The van der Waals surface area contributed by atoms with Crippen LogP contribution in [0.25, 0.3) is 0 Å². The van der Waals surface area contributed by atoms with Gasteiger partial charge in [-0.3, -0.25) is 4.84 Å². The van der Waals surface area contributed by atoms with Gasteiger partial charge < -0.3 is 9.47 Å². The molecule has 0 aromatic heterocycles. The highest BCUT2D eigenvalue weighted by molar-refractivity contribution is 5.48. The van der Waals surface area contributed by atoms with E-state index in [4.69, 9.17) is 14.3 Å². The lowest BCUT2D eigenvalue weighted by molar-refractivity contribution is -0.0247. The first kappa shape index (κ1) is 14.7. The number of fused-ring (bicyclic) bond motifs is 1. The Kier molecular flexibility index (Phi) is 4.66. The monoisotopic (exact) mass is 291 g/mol. The molecule has 1 heterocycles. The van der Waals surface area contributed by atoms with E-state index >= 15 is 0 Å². The Hall–Kier alpha value is -1.26. The summed E-state index contributed by atoms with van der Waals surface area (Å²) in [5.41, 5.74) is 5.45. The molecule has 116 valence electrons. The number of hydrogen-bond donors (Lipinski definition) is 1. The molecule has 1 aromatic carbocycles. The van der Waals surface area contributed by atoms with Gasteiger partial charge in [-0.05, 0) is 38.8 Å². The second kappa shape index (κ2) is 6.67. The van der Waals surface area contributed by atoms with Gasteiger partial charge in [0.25, 0.3) is 0 Å². The van der Waals surface area contributed by atoms with Crippen LogP contribution in [0, 0.1) is 0 Å². The van der Waals surface area contributed by atoms with Gasteiger partial charge >= 0.3 is 0 Å². The molecule has 2 aliphatic rings. The number of hydroxylamine groups is 1. The minimum absolute atomic E-state index is 0.257. The Morgan fingerprint density at radius 1 is 1.29 bits per heavy atom. The van der Waals surface area contributed by atoms with Gasteiger partial charge in [0.1, 0.15) is 17.6 Å². The van der Waals surface area contributed by atoms with Crippen molar-refractivity contribution in [2.24, 2.45) is 0 Å². The van der Waals surface area contributed by atoms with E-state index in [9.17, 15) is 0 Å². The molecule has 1 atom stereocenters. The van der Waals surface area contributed by atoms with Crippen LogP contribution in [0.3, 0.4) is 0 Å². The van der Waals surface area contributed by atoms with Crippen molar-refractivity contribution < 1.29 is 14.3 Å². The minimum atomic E-state index is 0.257. The van der Waals surface area contributed by atoms with Crippen molar-refractivity contribution in [3.05, 3.63) is 23.3 Å². The number of ether oxygens (including phenoxy) is 2. The topological polar surface area (TPSA) is 39.7 Å². The SMILES string of the molecule is CCOc1cc2c(cc1CNOC1CCCC1)OC(C)C2. The van der Waals surface area contributed by atoms with Gasteiger partial charge in [0.05, 0.1) is 12.7 Å². The van der Waals surface area contributed by atoms with Gasteiger partial charge in [-0.2, -0.15) is 5.48 Å². The largest absolute Gasteiger partial charge is 0.494 e. The summed E-state index contributed by atoms with van der Waals surface area (Å²) in [6, 6.07) is 4.21. The third-order valence-electron chi connectivity index (χ3n) is 4.19. The van der Waals surface area contributed by atoms with Gasteiger partial charge in [-0.15, -0.1) is 0 Å². The van der Waals surface area contributed by atoms with Crippen LogP contribution in [0.4, 0.5) is 0 Å². The Balaban J connectivity index is 1.66. The Morgan fingerprint density at radius 2 is 2.10 bits per heavy atom. The van der Waals surface area contributed by atoms with Crippen LogP contribution in [0.5, 0.6) is 11.5 Å². The van der Waals surface area contributed by atoms with Crippen molar-refractivity contribution in [1.29, 1.82) is 0 Å². The lowest BCUT2D eigenvalue weighted by Gasteiger charge is -2.15. The summed E-state index contributed by atoms with van der Waals surface area (Å²) in [5, 5.41) is 0. The molecule has 3 rings (SSSR count). The van der Waals surface area contributed by atoms with E-state index < -0.39 is 0 Å². The fourth-order valence-electron chi connectivity index (χ4n) is 3.15. The maximum atomic E-state index is 5.84. The van der Waals surface area contributed by atoms with E-state index in [0.29, 0.717) is 19.3 Å². The van der Waals surface area contributed by atoms with Crippen molar-refractivity contribution in [1.82, 2.24) is 5.48 Å². The number of rotatable bonds is 6. The van der Waals surface area contributed by atoms with E-state index in [2.05, 4.69) is 24.5 Å². The second-order valence-corrected chi connectivity index (χ2v) is 5.98. The van der Waals surface area contributed by atoms with Crippen LogP contribution in [-0.4, -0.2) is 18.8 Å². The number of benzene rings is 1. The van der Waals surface area contributed by atoms with E-state index in [1.54, 1.807) is 0 Å². The van der Waals surface area contributed by atoms with Gasteiger partial charge in [0, 0.05) is 24.1 Å². The smallest absolute Gasteiger partial charge is 0.124 e. The molecule has 21 heavy (non-hydrogen) atoms. The van der Waals surface area contributed by atoms with Gasteiger partial charge in [-0.1, -0.05) is 12.8 Å². The summed E-state index contributed by atoms with van der Waals surface area (Å²) < 4.78 is 11.6. The Labute approximate surface area is 126 Å². The third-order valence-corrected chi connectivity index (χ3v) is 4.19. The molecule has 1 saturated carbocycles. The molecule has 1 aromatic rings. The summed E-state index contributed by atoms with van der Waals surface area (Å²) in [4.78, 5) is 5.73. The summed E-state index contributed by atoms with van der Waals surface area (Å²) in [6.45, 7) is 5.43. The molecule has 4 heteroatoms. The molecule has 1 unspecified atom stereocenters. The molecular formula is C17H25NO3. The Bertz CT molecular complexity index is 483. The first-order valence-electron chi connectivity index (χ1n) is 8.10. The van der Waals surface area contributed by atoms with Crippen LogP contribution < -0.4 is 15.0 Å². The fourth-order valence-corrected chi connectivity index (χ4v) is 3.15. The second-order valence-electron chi connectivity index (χ2n) is 5.98. The third kappa shape index (κ3) is 3.50. The van der Waals surface area contributed by atoms with Crippen molar-refractivity contribution >= 4 is 0 Å². The predicted molar refractivity (Wildman–Crippen MR) is 81.6 cm³/mol. The zero-order valence-corrected chi connectivity index (χ0v) is 13.0. The van der Waals surface area contributed by atoms with Crippen LogP contribution in [0.1, 0.15) is 50.7 Å². The van der Waals surface area contributed by atoms with E-state index in [1.165, 1.54) is 18.4 Å². The quantitative estimate of drug-likeness (QED) is 0.816. The molecule has 1 N–H and O–H groups in total. The maximum absolute atomic E-state index is 5.84. The highest BCUT2D eigenvalue weighted by Crippen LogP contribution is 2.35. The van der Waals surface area contributed by atoms with Gasteiger partial charge in [0.15, 0.2) is 0 Å². The summed E-state index contributed by atoms with van der Waals surface area (Å²) in [7, 11) is 0. The molecule has 1 fully saturated rings. The number of hydrogen-bond acceptors (Lipinski definition) is 4. The molecular weight excluding hydrogens is 266 g/mol. The van der Waals surface area contributed by atoms with Gasteiger partial charge in [0.2, 0.25) is 0 Å². The van der Waals surface area contributed by atoms with Crippen molar-refractivity contribution in [3.63, 3.8) is 0 Å². The van der Waals surface area contributed by atoms with E-state index in [1.807, 2.05) is 6.92 Å². The first-order chi connectivity index (χ1) is 10.3. The van der Waals surface area contributed by atoms with Crippen molar-refractivity contribution in [3.8, 4) is 11.5 Å². The number of nitrogens with one attached hydrogen (secondary N) is 1. The van der Waals surface area contributed by atoms with E-state index in [0.717, 1.165) is 36.3 Å². The molecule has 0 bridgehead atoms. The fraction of sp³-hybridized carbons (Fsp3) is 0.647. The molecule has 0 radical (unpaired) electrons. The highest BCUT2D eigenvalue weighted by atomic mass is 16.7. The van der Waals surface area contributed by atoms with E-state index in [-0.39, 0.29) is 6.10 Å². The lowest BCUT2D eigenvalue weighted by atomic mass is 10.1. The molecule has 0 spiro atoms. The van der Waals surface area contributed by atoms with Crippen LogP contribution >= 0.6 is 0 Å². The normalized spacial score (nSPS) is 21.3. The lowest BCUT2D eigenvalue weighted by Crippen LogP contribution is -2.21. The summed E-state index contributed by atoms with van der Waals surface area (Å²) >= 11 is 0. The summed E-state index contributed by atoms with van der Waals surface area (Å²) in [6.07, 6.45) is 6.47. The van der Waals surface area contributed by atoms with Crippen LogP contribution in [0.15, 0.2) is 12.1 Å². The highest BCUT2D eigenvalue weighted by Gasteiger charge is 2.22. The summed E-state index contributed by atoms with van der Waals surface area (Å²) in [5.74, 6) is 1.93. The van der Waals surface area contributed by atoms with Crippen LogP contribution in [0.2, 0.25) is 0 Å². The van der Waals surface area contributed by atoms with Gasteiger partial charge in [-0.25, -0.2) is 0 Å². The zero-order chi connectivity index (χ0) is 14.7. The maximum Gasteiger partial charge on any atom is 0.124 e. The van der Waals surface area contributed by atoms with Crippen molar-refractivity contribution in [2.75, 3.05) is 6.61 Å². The standard InChI is InChI=1S/C17H25NO3/c1-3-19-16-9-13-8-12(2)20-17(13)10-14(16)11-18-21-15-6-4-5-7-15/h9-10,12,15,18H,3-8,11H2,1-2H3. The molecule has 0 saturated heterocycles. The Morgan fingerprint density at radius 3 is 2.86 bits per heavy atom. The molecule has 1 aliphatic heterocycles. The first-order valence-corrected chi connectivity index (χ1v) is 8.10. The molecule has 4 nitrogen and oxygen atoms in total. The average Bonchev–Trinajstić information content (AvgIpc) is 3.07. The predicted octanol–water partition coefficient (Wildman–Crippen LogP) is 3.37.